The summed E-state index contributed by atoms with van der Waals surface area (Å²) in [6.45, 7) is 2.66. The molecule has 0 aromatic carbocycles. The molecular formula is C8H12FNO. The number of nitrogens with one attached hydrogen (secondary N) is 1. The lowest BCUT2D eigenvalue weighted by Crippen LogP contribution is -2.10. The van der Waals surface area contributed by atoms with E-state index in [-0.39, 0.29) is 11.5 Å². The Hall–Kier alpha value is -0.700. The summed E-state index contributed by atoms with van der Waals surface area (Å²) in [7, 11) is 0. The molecule has 1 N–H and O–H groups in total. The normalized spacial score (nSPS) is 18.2. The van der Waals surface area contributed by atoms with E-state index in [1.807, 2.05) is 0 Å². The summed E-state index contributed by atoms with van der Waals surface area (Å²) in [5, 5.41) is 7.06. The van der Waals surface area contributed by atoms with Crippen molar-refractivity contribution in [2.24, 2.45) is 0 Å². The van der Waals surface area contributed by atoms with Gasteiger partial charge in [-0.05, 0) is 25.3 Å². The van der Waals surface area contributed by atoms with Crippen molar-refractivity contribution in [2.75, 3.05) is 13.2 Å². The fraction of sp³-hybridized carbons (Fsp3) is 0.625. The molecule has 0 spiro atoms. The number of rotatable bonds is 1. The lowest BCUT2D eigenvalue weighted by molar-refractivity contribution is 0.118. The number of hydrogen-bond donors (Lipinski definition) is 1. The maximum atomic E-state index is 13.0. The van der Waals surface area contributed by atoms with E-state index in [1.54, 1.807) is 0 Å². The molecule has 0 radical (unpaired) electrons. The highest BCUT2D eigenvalue weighted by Crippen LogP contribution is 2.19. The minimum absolute atomic E-state index is 0.0295. The van der Waals surface area contributed by atoms with E-state index in [0.29, 0.717) is 26.1 Å². The Labute approximate surface area is 65.6 Å². The first-order valence-corrected chi connectivity index (χ1v) is 3.72. The van der Waals surface area contributed by atoms with Crippen molar-refractivity contribution in [2.45, 2.75) is 19.8 Å². The van der Waals surface area contributed by atoms with Crippen LogP contribution in [0.25, 0.3) is 0 Å². The highest BCUT2D eigenvalue weighted by Gasteiger charge is 2.12. The van der Waals surface area contributed by atoms with Gasteiger partial charge in [0, 0.05) is 0 Å². The van der Waals surface area contributed by atoms with Crippen LogP contribution in [0.5, 0.6) is 0 Å². The van der Waals surface area contributed by atoms with Crippen molar-refractivity contribution in [3.8, 4) is 0 Å². The summed E-state index contributed by atoms with van der Waals surface area (Å²) in [5.41, 5.74) is 0.769. The lowest BCUT2D eigenvalue weighted by atomic mass is 10.1. The van der Waals surface area contributed by atoms with Crippen molar-refractivity contribution in [1.82, 2.24) is 0 Å². The average Bonchev–Trinajstić information content (AvgIpc) is 2.05. The first-order chi connectivity index (χ1) is 5.22. The Kier molecular flexibility index (Phi) is 2.76. The summed E-state index contributed by atoms with van der Waals surface area (Å²) >= 11 is 0. The van der Waals surface area contributed by atoms with Gasteiger partial charge in [0.1, 0.15) is 5.83 Å². The molecule has 1 rings (SSSR count). The second-order valence-electron chi connectivity index (χ2n) is 2.65. The molecule has 1 fully saturated rings. The molecule has 0 aromatic heterocycles. The fourth-order valence-corrected chi connectivity index (χ4v) is 1.10. The van der Waals surface area contributed by atoms with Gasteiger partial charge in [0.15, 0.2) is 0 Å². The molecule has 1 saturated heterocycles. The maximum absolute atomic E-state index is 13.0. The van der Waals surface area contributed by atoms with Crippen LogP contribution in [-0.4, -0.2) is 18.9 Å². The van der Waals surface area contributed by atoms with Crippen molar-refractivity contribution in [1.29, 1.82) is 5.41 Å². The monoisotopic (exact) mass is 157 g/mol. The molecular weight excluding hydrogens is 145 g/mol. The minimum atomic E-state index is -0.340. The third-order valence-electron chi connectivity index (χ3n) is 1.74. The topological polar surface area (TPSA) is 33.1 Å². The smallest absolute Gasteiger partial charge is 0.142 e. The van der Waals surface area contributed by atoms with Gasteiger partial charge in [0.05, 0.1) is 18.9 Å². The van der Waals surface area contributed by atoms with Crippen molar-refractivity contribution >= 4 is 5.71 Å². The summed E-state index contributed by atoms with van der Waals surface area (Å²) < 4.78 is 18.1. The molecule has 0 saturated carbocycles. The lowest BCUT2D eigenvalue weighted by Gasteiger charge is -2.15. The number of ether oxygens (including phenoxy) is 1. The second-order valence-corrected chi connectivity index (χ2v) is 2.65. The predicted molar refractivity (Wildman–Crippen MR) is 41.6 cm³/mol. The molecule has 62 valence electrons. The molecule has 11 heavy (non-hydrogen) atoms. The van der Waals surface area contributed by atoms with Crippen LogP contribution >= 0.6 is 0 Å². The van der Waals surface area contributed by atoms with Gasteiger partial charge in [-0.15, -0.1) is 0 Å². The van der Waals surface area contributed by atoms with Crippen molar-refractivity contribution in [3.05, 3.63) is 11.4 Å². The van der Waals surface area contributed by atoms with Crippen LogP contribution in [0.3, 0.4) is 0 Å². The summed E-state index contributed by atoms with van der Waals surface area (Å²) in [4.78, 5) is 0. The number of allylic oxidation sites excluding steroid dienone is 1. The number of hydrogen-bond acceptors (Lipinski definition) is 2. The second kappa shape index (κ2) is 3.62. The highest BCUT2D eigenvalue weighted by atomic mass is 19.1. The Morgan fingerprint density at radius 1 is 1.45 bits per heavy atom. The Balaban J connectivity index is 2.68. The molecule has 0 amide bonds. The molecule has 0 aliphatic carbocycles. The van der Waals surface area contributed by atoms with Gasteiger partial charge < -0.3 is 10.1 Å². The standard InChI is InChI=1S/C8H12FNO/c1-6(10)8(9)7-2-4-11-5-3-7/h10H,2-5H2,1H3. The molecule has 0 unspecified atom stereocenters. The molecule has 0 bridgehead atoms. The third kappa shape index (κ3) is 2.12. The van der Waals surface area contributed by atoms with E-state index in [4.69, 9.17) is 10.1 Å². The van der Waals surface area contributed by atoms with E-state index >= 15 is 0 Å². The van der Waals surface area contributed by atoms with Crippen LogP contribution in [0.4, 0.5) is 4.39 Å². The maximum Gasteiger partial charge on any atom is 0.142 e. The van der Waals surface area contributed by atoms with E-state index in [1.165, 1.54) is 6.92 Å². The summed E-state index contributed by atoms with van der Waals surface area (Å²) in [5.74, 6) is -0.340. The number of halogens is 1. The van der Waals surface area contributed by atoms with Crippen LogP contribution in [0.2, 0.25) is 0 Å². The predicted octanol–water partition coefficient (Wildman–Crippen LogP) is 2.06. The zero-order chi connectivity index (χ0) is 8.27. The molecule has 2 nitrogen and oxygen atoms in total. The largest absolute Gasteiger partial charge is 0.381 e. The molecule has 1 aliphatic heterocycles. The van der Waals surface area contributed by atoms with Crippen LogP contribution < -0.4 is 0 Å². The van der Waals surface area contributed by atoms with Gasteiger partial charge in [0.25, 0.3) is 0 Å². The van der Waals surface area contributed by atoms with Crippen LogP contribution in [-0.2, 0) is 4.74 Å². The van der Waals surface area contributed by atoms with Crippen molar-refractivity contribution < 1.29 is 9.13 Å². The third-order valence-corrected chi connectivity index (χ3v) is 1.74. The first-order valence-electron chi connectivity index (χ1n) is 3.72. The highest BCUT2D eigenvalue weighted by molar-refractivity contribution is 5.94. The Morgan fingerprint density at radius 3 is 2.45 bits per heavy atom. The van der Waals surface area contributed by atoms with Gasteiger partial charge in [0.2, 0.25) is 0 Å². The van der Waals surface area contributed by atoms with Gasteiger partial charge >= 0.3 is 0 Å². The van der Waals surface area contributed by atoms with Gasteiger partial charge in [-0.3, -0.25) is 0 Å². The quantitative estimate of drug-likeness (QED) is 0.580. The van der Waals surface area contributed by atoms with E-state index in [2.05, 4.69) is 0 Å². The molecule has 0 atom stereocenters. The van der Waals surface area contributed by atoms with Gasteiger partial charge in [-0.1, -0.05) is 0 Å². The van der Waals surface area contributed by atoms with Gasteiger partial charge in [-0.2, -0.15) is 0 Å². The van der Waals surface area contributed by atoms with Crippen LogP contribution in [0, 0.1) is 5.41 Å². The zero-order valence-electron chi connectivity index (χ0n) is 6.61. The Morgan fingerprint density at radius 2 is 2.00 bits per heavy atom. The zero-order valence-corrected chi connectivity index (χ0v) is 6.61. The molecule has 0 aromatic rings. The Bertz CT molecular complexity index is 190. The van der Waals surface area contributed by atoms with Crippen LogP contribution in [0.15, 0.2) is 11.4 Å². The van der Waals surface area contributed by atoms with E-state index < -0.39 is 0 Å². The average molecular weight is 157 g/mol. The van der Waals surface area contributed by atoms with Crippen molar-refractivity contribution in [3.63, 3.8) is 0 Å². The SMILES string of the molecule is CC(=N)C(F)=C1CCOCC1. The van der Waals surface area contributed by atoms with Crippen LogP contribution in [0.1, 0.15) is 19.8 Å². The molecule has 3 heteroatoms. The minimum Gasteiger partial charge on any atom is -0.381 e. The van der Waals surface area contributed by atoms with Gasteiger partial charge in [-0.25, -0.2) is 4.39 Å². The van der Waals surface area contributed by atoms with E-state index in [0.717, 1.165) is 5.57 Å². The summed E-state index contributed by atoms with van der Waals surface area (Å²) in [6.07, 6.45) is 1.28. The first kappa shape index (κ1) is 8.40. The fourth-order valence-electron chi connectivity index (χ4n) is 1.10. The molecule has 1 heterocycles. The van der Waals surface area contributed by atoms with E-state index in [9.17, 15) is 4.39 Å². The molecule has 1 aliphatic rings. The summed E-state index contributed by atoms with van der Waals surface area (Å²) in [6, 6.07) is 0.